The predicted octanol–water partition coefficient (Wildman–Crippen LogP) is 2.95. The molecular weight excluding hydrogens is 211 g/mol. The Morgan fingerprint density at radius 3 is 3.00 bits per heavy atom. The molecule has 0 spiro atoms. The average molecular weight is 219 g/mol. The smallest absolute Gasteiger partial charge is 0.189 e. The van der Waals surface area contributed by atoms with Crippen molar-refractivity contribution in [1.82, 2.24) is 0 Å². The second-order valence-electron chi connectivity index (χ2n) is 2.80. The van der Waals surface area contributed by atoms with E-state index in [2.05, 4.69) is 0 Å². The fourth-order valence-electron chi connectivity index (χ4n) is 1.36. The third-order valence-corrected chi connectivity index (χ3v) is 2.40. The van der Waals surface area contributed by atoms with Crippen molar-refractivity contribution in [2.45, 2.75) is 12.5 Å². The summed E-state index contributed by atoms with van der Waals surface area (Å²) in [5, 5.41) is 0.670. The summed E-state index contributed by atoms with van der Waals surface area (Å²) in [6.07, 6.45) is 0. The van der Waals surface area contributed by atoms with Crippen LogP contribution in [-0.4, -0.2) is 6.79 Å². The first-order valence-electron chi connectivity index (χ1n) is 3.89. The lowest BCUT2D eigenvalue weighted by Gasteiger charge is -2.20. The topological polar surface area (TPSA) is 18.5 Å². The van der Waals surface area contributed by atoms with Gasteiger partial charge in [0.1, 0.15) is 5.75 Å². The van der Waals surface area contributed by atoms with Crippen LogP contribution in [0, 0.1) is 0 Å². The van der Waals surface area contributed by atoms with Crippen molar-refractivity contribution in [1.29, 1.82) is 0 Å². The number of halogens is 2. The van der Waals surface area contributed by atoms with E-state index in [0.29, 0.717) is 24.3 Å². The molecule has 70 valence electrons. The zero-order valence-electron chi connectivity index (χ0n) is 6.85. The molecule has 0 aromatic heterocycles. The van der Waals surface area contributed by atoms with Gasteiger partial charge in [-0.25, -0.2) is 0 Å². The van der Waals surface area contributed by atoms with Gasteiger partial charge in [-0.05, 0) is 12.1 Å². The maximum Gasteiger partial charge on any atom is 0.189 e. The number of ether oxygens (including phenoxy) is 2. The van der Waals surface area contributed by atoms with E-state index in [1.807, 2.05) is 12.1 Å². The maximum absolute atomic E-state index is 5.89. The molecule has 1 aromatic rings. The summed E-state index contributed by atoms with van der Waals surface area (Å²) < 4.78 is 10.5. The Balaban J connectivity index is 2.50. The highest BCUT2D eigenvalue weighted by Crippen LogP contribution is 2.32. The fourth-order valence-corrected chi connectivity index (χ4v) is 1.82. The van der Waals surface area contributed by atoms with Crippen LogP contribution in [0.5, 0.6) is 5.75 Å². The molecule has 2 nitrogen and oxygen atoms in total. The summed E-state index contributed by atoms with van der Waals surface area (Å²) in [6, 6.07) is 3.66. The number of benzene rings is 1. The highest BCUT2D eigenvalue weighted by Gasteiger charge is 2.15. The predicted molar refractivity (Wildman–Crippen MR) is 51.3 cm³/mol. The van der Waals surface area contributed by atoms with E-state index in [-0.39, 0.29) is 0 Å². The average Bonchev–Trinajstić information content (AvgIpc) is 2.16. The van der Waals surface area contributed by atoms with Crippen molar-refractivity contribution in [2.24, 2.45) is 0 Å². The van der Waals surface area contributed by atoms with Crippen LogP contribution < -0.4 is 4.74 Å². The first kappa shape index (κ1) is 9.13. The van der Waals surface area contributed by atoms with Crippen LogP contribution >= 0.6 is 23.2 Å². The fraction of sp³-hybridized carbons (Fsp3) is 0.333. The van der Waals surface area contributed by atoms with Crippen molar-refractivity contribution in [3.05, 3.63) is 28.3 Å². The molecule has 0 aliphatic carbocycles. The van der Waals surface area contributed by atoms with Crippen LogP contribution in [0.3, 0.4) is 0 Å². The number of rotatable bonds is 1. The van der Waals surface area contributed by atoms with Gasteiger partial charge in [-0.3, -0.25) is 0 Å². The summed E-state index contributed by atoms with van der Waals surface area (Å²) in [5.41, 5.74) is 1.89. The summed E-state index contributed by atoms with van der Waals surface area (Å²) in [7, 11) is 0. The number of hydrogen-bond donors (Lipinski definition) is 0. The Morgan fingerprint density at radius 2 is 2.23 bits per heavy atom. The van der Waals surface area contributed by atoms with Crippen molar-refractivity contribution >= 4 is 23.2 Å². The van der Waals surface area contributed by atoms with Crippen LogP contribution in [0.4, 0.5) is 0 Å². The molecule has 1 aliphatic rings. The van der Waals surface area contributed by atoms with Gasteiger partial charge in [-0.1, -0.05) is 11.6 Å². The molecule has 2 rings (SSSR count). The summed E-state index contributed by atoms with van der Waals surface area (Å²) >= 11 is 11.6. The number of alkyl halides is 1. The monoisotopic (exact) mass is 218 g/mol. The van der Waals surface area contributed by atoms with Gasteiger partial charge in [0.2, 0.25) is 0 Å². The molecule has 1 aliphatic heterocycles. The second kappa shape index (κ2) is 3.74. The minimum absolute atomic E-state index is 0.290. The zero-order chi connectivity index (χ0) is 9.26. The lowest BCUT2D eigenvalue weighted by atomic mass is 10.1. The Kier molecular flexibility index (Phi) is 2.63. The molecule has 0 bridgehead atoms. The molecule has 0 saturated heterocycles. The Morgan fingerprint density at radius 1 is 1.38 bits per heavy atom. The van der Waals surface area contributed by atoms with Gasteiger partial charge in [0.25, 0.3) is 0 Å². The van der Waals surface area contributed by atoms with Crippen molar-refractivity contribution < 1.29 is 9.47 Å². The van der Waals surface area contributed by atoms with Gasteiger partial charge in [-0.15, -0.1) is 11.6 Å². The molecule has 1 aromatic carbocycles. The molecular formula is C9H8Cl2O2. The first-order valence-corrected chi connectivity index (χ1v) is 4.80. The largest absolute Gasteiger partial charge is 0.467 e. The number of hydrogen-bond acceptors (Lipinski definition) is 2. The molecule has 4 heteroatoms. The lowest BCUT2D eigenvalue weighted by molar-refractivity contribution is -0.0169. The molecule has 13 heavy (non-hydrogen) atoms. The summed E-state index contributed by atoms with van der Waals surface area (Å²) in [6.45, 7) is 0.832. The Labute approximate surface area is 86.4 Å². The maximum atomic E-state index is 5.89. The van der Waals surface area contributed by atoms with Crippen LogP contribution in [0.15, 0.2) is 12.1 Å². The first-order chi connectivity index (χ1) is 6.31. The van der Waals surface area contributed by atoms with E-state index >= 15 is 0 Å². The highest BCUT2D eigenvalue weighted by molar-refractivity contribution is 6.30. The third-order valence-electron chi connectivity index (χ3n) is 1.90. The van der Waals surface area contributed by atoms with E-state index < -0.39 is 0 Å². The third kappa shape index (κ3) is 1.75. The van der Waals surface area contributed by atoms with E-state index in [0.717, 1.165) is 16.9 Å². The minimum Gasteiger partial charge on any atom is -0.467 e. The van der Waals surface area contributed by atoms with Crippen molar-refractivity contribution in [2.75, 3.05) is 6.79 Å². The SMILES string of the molecule is ClCc1cc(Cl)cc2c1OCOC2. The van der Waals surface area contributed by atoms with Gasteiger partial charge in [0.05, 0.1) is 12.5 Å². The van der Waals surface area contributed by atoms with Gasteiger partial charge in [0, 0.05) is 16.1 Å². The van der Waals surface area contributed by atoms with Crippen LogP contribution in [-0.2, 0) is 17.2 Å². The second-order valence-corrected chi connectivity index (χ2v) is 3.50. The summed E-state index contributed by atoms with van der Waals surface area (Å²) in [4.78, 5) is 0. The molecule has 0 saturated carbocycles. The highest BCUT2D eigenvalue weighted by atomic mass is 35.5. The van der Waals surface area contributed by atoms with E-state index in [9.17, 15) is 0 Å². The normalized spacial score (nSPS) is 14.9. The van der Waals surface area contributed by atoms with Crippen LogP contribution in [0.2, 0.25) is 5.02 Å². The van der Waals surface area contributed by atoms with Gasteiger partial charge in [0.15, 0.2) is 6.79 Å². The Hall–Kier alpha value is -0.440. The quantitative estimate of drug-likeness (QED) is 0.676. The minimum atomic E-state index is 0.290. The van der Waals surface area contributed by atoms with Crippen LogP contribution in [0.25, 0.3) is 0 Å². The molecule has 0 unspecified atom stereocenters. The molecule has 0 N–H and O–H groups in total. The molecule has 1 heterocycles. The molecule has 0 fully saturated rings. The zero-order valence-corrected chi connectivity index (χ0v) is 8.36. The molecule has 0 radical (unpaired) electrons. The summed E-state index contributed by atoms with van der Waals surface area (Å²) in [5.74, 6) is 1.23. The van der Waals surface area contributed by atoms with Gasteiger partial charge < -0.3 is 9.47 Å². The molecule has 0 atom stereocenters. The Bertz CT molecular complexity index is 308. The standard InChI is InChI=1S/C9H8Cl2O2/c10-3-6-1-8(11)2-7-4-12-5-13-9(6)7/h1-2H,3-5H2. The number of fused-ring (bicyclic) bond motifs is 1. The van der Waals surface area contributed by atoms with Gasteiger partial charge in [-0.2, -0.15) is 0 Å². The van der Waals surface area contributed by atoms with Crippen molar-refractivity contribution in [3.63, 3.8) is 0 Å². The van der Waals surface area contributed by atoms with Crippen molar-refractivity contribution in [3.8, 4) is 5.75 Å². The van der Waals surface area contributed by atoms with E-state index in [1.54, 1.807) is 0 Å². The van der Waals surface area contributed by atoms with Crippen LogP contribution in [0.1, 0.15) is 11.1 Å². The van der Waals surface area contributed by atoms with Gasteiger partial charge >= 0.3 is 0 Å². The molecule has 0 amide bonds. The van der Waals surface area contributed by atoms with E-state index in [1.165, 1.54) is 0 Å². The lowest BCUT2D eigenvalue weighted by Crippen LogP contribution is -2.12. The van der Waals surface area contributed by atoms with E-state index in [4.69, 9.17) is 32.7 Å².